The first-order chi connectivity index (χ1) is 17.7. The van der Waals surface area contributed by atoms with E-state index in [-0.39, 0.29) is 12.0 Å². The molecule has 0 aliphatic carbocycles. The predicted molar refractivity (Wildman–Crippen MR) is 143 cm³/mol. The van der Waals surface area contributed by atoms with E-state index < -0.39 is 5.60 Å². The monoisotopic (exact) mass is 522 g/mol. The molecule has 1 amide bonds. The van der Waals surface area contributed by atoms with Crippen molar-refractivity contribution in [1.82, 2.24) is 19.9 Å². The molecule has 0 spiro atoms. The highest BCUT2D eigenvalue weighted by Crippen LogP contribution is 2.31. The molecule has 0 radical (unpaired) electrons. The molecule has 4 heterocycles. The van der Waals surface area contributed by atoms with E-state index in [1.54, 1.807) is 17.3 Å². The van der Waals surface area contributed by atoms with Crippen LogP contribution in [0.5, 0.6) is 5.75 Å². The van der Waals surface area contributed by atoms with Crippen molar-refractivity contribution in [3.05, 3.63) is 59.0 Å². The first-order valence-corrected chi connectivity index (χ1v) is 12.8. The van der Waals surface area contributed by atoms with Gasteiger partial charge in [0.25, 0.3) is 0 Å². The molecule has 9 nitrogen and oxygen atoms in total. The lowest BCUT2D eigenvalue weighted by Gasteiger charge is -2.24. The Bertz CT molecular complexity index is 1300. The van der Waals surface area contributed by atoms with Crippen molar-refractivity contribution in [2.75, 3.05) is 30.3 Å². The van der Waals surface area contributed by atoms with E-state index in [4.69, 9.17) is 21.1 Å². The van der Waals surface area contributed by atoms with Gasteiger partial charge >= 0.3 is 6.09 Å². The SMILES string of the molecule is CC(C)(C)OC(=O)N1CCC(COc2ccc3cc2CCc2cncc(c2)Nc2ncc(Cl)c(n2)N3)C1. The molecule has 37 heavy (non-hydrogen) atoms. The highest BCUT2D eigenvalue weighted by atomic mass is 35.5. The fourth-order valence-corrected chi connectivity index (χ4v) is 4.55. The number of hydrogen-bond donors (Lipinski definition) is 2. The number of aromatic nitrogens is 3. The molecule has 194 valence electrons. The largest absolute Gasteiger partial charge is 0.493 e. The molecule has 1 unspecified atom stereocenters. The summed E-state index contributed by atoms with van der Waals surface area (Å²) in [6.45, 7) is 7.48. The average Bonchev–Trinajstić information content (AvgIpc) is 3.32. The zero-order valence-electron chi connectivity index (χ0n) is 21.3. The quantitative estimate of drug-likeness (QED) is 0.448. The number of aryl methyl sites for hydroxylation is 2. The van der Waals surface area contributed by atoms with Crippen molar-refractivity contribution >= 4 is 40.8 Å². The summed E-state index contributed by atoms with van der Waals surface area (Å²) < 4.78 is 11.8. The number of rotatable bonds is 3. The molecule has 5 rings (SSSR count). The Morgan fingerprint density at radius 3 is 2.84 bits per heavy atom. The minimum Gasteiger partial charge on any atom is -0.493 e. The number of likely N-dealkylation sites (tertiary alicyclic amines) is 1. The van der Waals surface area contributed by atoms with Gasteiger partial charge in [-0.05, 0) is 75.4 Å². The summed E-state index contributed by atoms with van der Waals surface area (Å²) in [4.78, 5) is 27.4. The van der Waals surface area contributed by atoms with Crippen LogP contribution in [0.2, 0.25) is 5.02 Å². The topological polar surface area (TPSA) is 102 Å². The summed E-state index contributed by atoms with van der Waals surface area (Å²) in [6.07, 6.45) is 7.35. The number of nitrogens with zero attached hydrogens (tertiary/aromatic N) is 4. The molecule has 2 N–H and O–H groups in total. The maximum absolute atomic E-state index is 12.4. The minimum atomic E-state index is -0.501. The average molecular weight is 523 g/mol. The first-order valence-electron chi connectivity index (χ1n) is 12.5. The van der Waals surface area contributed by atoms with Crippen LogP contribution in [0.4, 0.5) is 27.9 Å². The van der Waals surface area contributed by atoms with Crippen LogP contribution in [0.25, 0.3) is 0 Å². The molecule has 3 aromatic rings. The maximum atomic E-state index is 12.4. The van der Waals surface area contributed by atoms with Crippen molar-refractivity contribution in [3.63, 3.8) is 0 Å². The first kappa shape index (κ1) is 25.1. The Labute approximate surface area is 221 Å². The number of ether oxygens (including phenoxy) is 2. The van der Waals surface area contributed by atoms with Crippen molar-refractivity contribution in [1.29, 1.82) is 0 Å². The van der Waals surface area contributed by atoms with Crippen LogP contribution in [0.3, 0.4) is 0 Å². The van der Waals surface area contributed by atoms with Crippen molar-refractivity contribution in [2.45, 2.75) is 45.6 Å². The number of carbonyl (C=O) groups excluding carboxylic acids is 1. The van der Waals surface area contributed by atoms with Crippen molar-refractivity contribution in [2.24, 2.45) is 5.92 Å². The number of pyridine rings is 1. The standard InChI is InChI=1S/C27H31ClN6O3/c1-27(2,3)37-26(35)34-9-8-18(15-34)16-36-23-7-6-20-11-19(23)5-4-17-10-21(13-29-12-17)32-25-30-14-22(28)24(31-20)33-25/h6-7,10-14,18H,4-5,8-9,15-16H2,1-3H3,(H2,30,31,32,33). The number of fused-ring (bicyclic) bond motifs is 6. The van der Waals surface area contributed by atoms with Gasteiger partial charge in [-0.15, -0.1) is 0 Å². The van der Waals surface area contributed by atoms with Crippen LogP contribution in [0.15, 0.2) is 42.9 Å². The van der Waals surface area contributed by atoms with E-state index in [0.29, 0.717) is 36.5 Å². The van der Waals surface area contributed by atoms with Gasteiger partial charge in [-0.25, -0.2) is 9.78 Å². The van der Waals surface area contributed by atoms with Gasteiger partial charge in [-0.1, -0.05) is 11.6 Å². The number of benzene rings is 1. The van der Waals surface area contributed by atoms with Gasteiger partial charge in [0, 0.05) is 30.9 Å². The Kier molecular flexibility index (Phi) is 7.06. The van der Waals surface area contributed by atoms with E-state index in [0.717, 1.165) is 47.5 Å². The summed E-state index contributed by atoms with van der Waals surface area (Å²) in [5.41, 5.74) is 3.32. The Hall–Kier alpha value is -3.59. The number of anilines is 4. The predicted octanol–water partition coefficient (Wildman–Crippen LogP) is 5.75. The zero-order valence-corrected chi connectivity index (χ0v) is 22.0. The molecule has 0 saturated carbocycles. The third-order valence-corrected chi connectivity index (χ3v) is 6.49. The Balaban J connectivity index is 1.33. The molecular weight excluding hydrogens is 492 g/mol. The maximum Gasteiger partial charge on any atom is 0.410 e. The van der Waals surface area contributed by atoms with Gasteiger partial charge in [0.1, 0.15) is 16.4 Å². The van der Waals surface area contributed by atoms with Crippen LogP contribution in [-0.2, 0) is 17.6 Å². The Morgan fingerprint density at radius 1 is 1.14 bits per heavy atom. The van der Waals surface area contributed by atoms with Crippen LogP contribution in [0.1, 0.15) is 38.3 Å². The molecule has 2 aliphatic rings. The summed E-state index contributed by atoms with van der Waals surface area (Å²) in [7, 11) is 0. The summed E-state index contributed by atoms with van der Waals surface area (Å²) in [5, 5.41) is 6.93. The van der Waals surface area contributed by atoms with Gasteiger partial charge in [0.15, 0.2) is 5.82 Å². The van der Waals surface area contributed by atoms with Gasteiger partial charge in [0.05, 0.1) is 24.7 Å². The lowest BCUT2D eigenvalue weighted by Crippen LogP contribution is -2.35. The second-order valence-electron chi connectivity index (χ2n) is 10.4. The highest BCUT2D eigenvalue weighted by Gasteiger charge is 2.30. The summed E-state index contributed by atoms with van der Waals surface area (Å²) in [5.74, 6) is 2.02. The van der Waals surface area contributed by atoms with E-state index in [2.05, 4.69) is 31.7 Å². The number of amides is 1. The molecule has 10 heteroatoms. The van der Waals surface area contributed by atoms with Gasteiger partial charge < -0.3 is 25.0 Å². The van der Waals surface area contributed by atoms with Crippen LogP contribution < -0.4 is 15.4 Å². The molecular formula is C27H31ClN6O3. The molecule has 1 fully saturated rings. The van der Waals surface area contributed by atoms with Crippen LogP contribution in [0, 0.1) is 5.92 Å². The number of carbonyl (C=O) groups is 1. The Morgan fingerprint density at radius 2 is 2.00 bits per heavy atom. The third-order valence-electron chi connectivity index (χ3n) is 6.21. The molecule has 1 aromatic carbocycles. The third kappa shape index (κ3) is 6.40. The number of nitrogens with one attached hydrogen (secondary N) is 2. The normalized spacial score (nSPS) is 17.0. The fourth-order valence-electron chi connectivity index (χ4n) is 4.41. The lowest BCUT2D eigenvalue weighted by atomic mass is 10.0. The van der Waals surface area contributed by atoms with Crippen molar-refractivity contribution < 1.29 is 14.3 Å². The van der Waals surface area contributed by atoms with E-state index >= 15 is 0 Å². The fraction of sp³-hybridized carbons (Fsp3) is 0.407. The number of halogens is 1. The second kappa shape index (κ2) is 10.4. The molecule has 6 bridgehead atoms. The summed E-state index contributed by atoms with van der Waals surface area (Å²) >= 11 is 6.37. The van der Waals surface area contributed by atoms with Gasteiger partial charge in [0.2, 0.25) is 5.95 Å². The summed E-state index contributed by atoms with van der Waals surface area (Å²) in [6, 6.07) is 8.04. The smallest absolute Gasteiger partial charge is 0.410 e. The lowest BCUT2D eigenvalue weighted by molar-refractivity contribution is 0.0284. The highest BCUT2D eigenvalue weighted by molar-refractivity contribution is 6.32. The zero-order chi connectivity index (χ0) is 26.0. The minimum absolute atomic E-state index is 0.248. The second-order valence-corrected chi connectivity index (χ2v) is 10.8. The van der Waals surface area contributed by atoms with E-state index in [9.17, 15) is 4.79 Å². The van der Waals surface area contributed by atoms with E-state index in [1.807, 2.05) is 45.2 Å². The molecule has 1 saturated heterocycles. The number of hydrogen-bond acceptors (Lipinski definition) is 8. The van der Waals surface area contributed by atoms with E-state index in [1.165, 1.54) is 0 Å². The van der Waals surface area contributed by atoms with Gasteiger partial charge in [-0.2, -0.15) is 4.98 Å². The molecule has 2 aromatic heterocycles. The van der Waals surface area contributed by atoms with Crippen molar-refractivity contribution in [3.8, 4) is 5.75 Å². The van der Waals surface area contributed by atoms with Crippen LogP contribution in [-0.4, -0.2) is 51.2 Å². The molecule has 1 atom stereocenters. The van der Waals surface area contributed by atoms with Gasteiger partial charge in [-0.3, -0.25) is 4.98 Å². The van der Waals surface area contributed by atoms with Crippen LogP contribution >= 0.6 is 11.6 Å². The molecule has 2 aliphatic heterocycles.